The van der Waals surface area contributed by atoms with E-state index in [0.717, 1.165) is 39.1 Å². The number of rotatable bonds is 1. The zero-order valence-corrected chi connectivity index (χ0v) is 11.2. The van der Waals surface area contributed by atoms with Crippen molar-refractivity contribution in [3.63, 3.8) is 0 Å². The Morgan fingerprint density at radius 1 is 1.16 bits per heavy atom. The third-order valence-corrected chi connectivity index (χ3v) is 5.26. The van der Waals surface area contributed by atoms with Gasteiger partial charge in [-0.1, -0.05) is 30.7 Å². The molecule has 1 aliphatic heterocycles. The topological polar surface area (TPSA) is 32.7 Å². The molecular formula is C16H21NO2. The van der Waals surface area contributed by atoms with Gasteiger partial charge >= 0.3 is 0 Å². The molecule has 0 bridgehead atoms. The molecule has 1 heterocycles. The van der Waals surface area contributed by atoms with Crippen LogP contribution in [0.25, 0.3) is 0 Å². The molecule has 1 saturated heterocycles. The summed E-state index contributed by atoms with van der Waals surface area (Å²) in [7, 11) is 0. The molecule has 19 heavy (non-hydrogen) atoms. The van der Waals surface area contributed by atoms with Crippen LogP contribution in [-0.4, -0.2) is 42.4 Å². The van der Waals surface area contributed by atoms with Crippen LogP contribution in [0.3, 0.4) is 0 Å². The zero-order valence-electron chi connectivity index (χ0n) is 11.2. The van der Waals surface area contributed by atoms with E-state index in [9.17, 15) is 5.11 Å². The van der Waals surface area contributed by atoms with Crippen LogP contribution in [-0.2, 0) is 10.3 Å². The SMILES string of the molecule is O[C@]12c3ccccc3[C@@H]1CCC[C@H]2N1CCOCC1. The van der Waals surface area contributed by atoms with E-state index in [1.807, 2.05) is 0 Å². The highest BCUT2D eigenvalue weighted by Gasteiger charge is 2.58. The van der Waals surface area contributed by atoms with Crippen LogP contribution >= 0.6 is 0 Å². The Bertz CT molecular complexity index is 483. The van der Waals surface area contributed by atoms with Gasteiger partial charge in [0.25, 0.3) is 0 Å². The van der Waals surface area contributed by atoms with Crippen molar-refractivity contribution < 1.29 is 9.84 Å². The van der Waals surface area contributed by atoms with Gasteiger partial charge < -0.3 is 9.84 Å². The Balaban J connectivity index is 1.70. The summed E-state index contributed by atoms with van der Waals surface area (Å²) in [6, 6.07) is 8.74. The van der Waals surface area contributed by atoms with Gasteiger partial charge in [0.2, 0.25) is 0 Å². The summed E-state index contributed by atoms with van der Waals surface area (Å²) >= 11 is 0. The lowest BCUT2D eigenvalue weighted by molar-refractivity contribution is -0.132. The van der Waals surface area contributed by atoms with Crippen LogP contribution in [0.4, 0.5) is 0 Å². The van der Waals surface area contributed by atoms with Crippen molar-refractivity contribution >= 4 is 0 Å². The highest BCUT2D eigenvalue weighted by atomic mass is 16.5. The fourth-order valence-corrected chi connectivity index (χ4v) is 4.39. The normalized spacial score (nSPS) is 38.2. The highest BCUT2D eigenvalue weighted by Crippen LogP contribution is 2.58. The molecule has 1 saturated carbocycles. The van der Waals surface area contributed by atoms with E-state index in [2.05, 4.69) is 29.2 Å². The molecule has 1 aromatic carbocycles. The van der Waals surface area contributed by atoms with Crippen molar-refractivity contribution in [2.75, 3.05) is 26.3 Å². The molecular weight excluding hydrogens is 238 g/mol. The first-order valence-corrected chi connectivity index (χ1v) is 7.45. The van der Waals surface area contributed by atoms with E-state index in [0.29, 0.717) is 5.92 Å². The Morgan fingerprint density at radius 3 is 2.79 bits per heavy atom. The fraction of sp³-hybridized carbons (Fsp3) is 0.625. The maximum absolute atomic E-state index is 11.3. The van der Waals surface area contributed by atoms with Crippen LogP contribution in [0.1, 0.15) is 36.3 Å². The standard InChI is InChI=1S/C16H21NO2/c18-16-13-5-2-1-4-12(13)14(16)6-3-7-15(16)17-8-10-19-11-9-17/h1-2,4-5,14-15,18H,3,6-11H2/t14-,15+,16+/m0/s1. The second-order valence-corrected chi connectivity index (χ2v) is 6.06. The minimum absolute atomic E-state index is 0.282. The summed E-state index contributed by atoms with van der Waals surface area (Å²) in [6.45, 7) is 3.53. The van der Waals surface area contributed by atoms with Crippen LogP contribution < -0.4 is 0 Å². The van der Waals surface area contributed by atoms with Crippen molar-refractivity contribution in [2.45, 2.75) is 36.8 Å². The number of fused-ring (bicyclic) bond motifs is 4. The molecule has 3 heteroatoms. The molecule has 3 atom stereocenters. The lowest BCUT2D eigenvalue weighted by Crippen LogP contribution is -2.62. The monoisotopic (exact) mass is 259 g/mol. The van der Waals surface area contributed by atoms with Crippen molar-refractivity contribution in [1.29, 1.82) is 0 Å². The number of nitrogens with zero attached hydrogens (tertiary/aromatic N) is 1. The average molecular weight is 259 g/mol. The van der Waals surface area contributed by atoms with Crippen molar-refractivity contribution in [1.82, 2.24) is 4.90 Å². The summed E-state index contributed by atoms with van der Waals surface area (Å²) in [5.74, 6) is 0.352. The van der Waals surface area contributed by atoms with Crippen LogP contribution in [0.5, 0.6) is 0 Å². The second-order valence-electron chi connectivity index (χ2n) is 6.06. The van der Waals surface area contributed by atoms with Gasteiger partial charge in [-0.25, -0.2) is 0 Å². The molecule has 4 rings (SSSR count). The molecule has 102 valence electrons. The zero-order chi connectivity index (χ0) is 12.9. The van der Waals surface area contributed by atoms with E-state index in [4.69, 9.17) is 4.74 Å². The molecule has 0 unspecified atom stereocenters. The number of benzene rings is 1. The lowest BCUT2D eigenvalue weighted by atomic mass is 9.55. The predicted octanol–water partition coefficient (Wildman–Crippen LogP) is 1.86. The fourth-order valence-electron chi connectivity index (χ4n) is 4.39. The first-order valence-electron chi connectivity index (χ1n) is 7.45. The molecule has 0 radical (unpaired) electrons. The molecule has 0 spiro atoms. The van der Waals surface area contributed by atoms with Gasteiger partial charge in [-0.2, -0.15) is 0 Å². The molecule has 0 aromatic heterocycles. The molecule has 3 nitrogen and oxygen atoms in total. The van der Waals surface area contributed by atoms with E-state index in [1.54, 1.807) is 0 Å². The highest BCUT2D eigenvalue weighted by molar-refractivity contribution is 5.49. The lowest BCUT2D eigenvalue weighted by Gasteiger charge is -2.58. The van der Waals surface area contributed by atoms with Crippen molar-refractivity contribution in [2.24, 2.45) is 0 Å². The third kappa shape index (κ3) is 1.55. The summed E-state index contributed by atoms with van der Waals surface area (Å²) in [5.41, 5.74) is 1.95. The minimum Gasteiger partial charge on any atom is -0.383 e. The molecule has 2 aliphatic carbocycles. The average Bonchev–Trinajstić information content (AvgIpc) is 2.47. The van der Waals surface area contributed by atoms with Gasteiger partial charge in [0.05, 0.1) is 13.2 Å². The molecule has 1 N–H and O–H groups in total. The van der Waals surface area contributed by atoms with E-state index in [-0.39, 0.29) is 6.04 Å². The second kappa shape index (κ2) is 4.30. The number of morpholine rings is 1. The van der Waals surface area contributed by atoms with E-state index >= 15 is 0 Å². The smallest absolute Gasteiger partial charge is 0.112 e. The Morgan fingerprint density at radius 2 is 1.95 bits per heavy atom. The number of hydrogen-bond donors (Lipinski definition) is 1. The summed E-state index contributed by atoms with van der Waals surface area (Å²) in [5, 5.41) is 11.3. The summed E-state index contributed by atoms with van der Waals surface area (Å²) in [6.07, 6.45) is 3.47. The van der Waals surface area contributed by atoms with Crippen LogP contribution in [0, 0.1) is 0 Å². The molecule has 1 aromatic rings. The quantitative estimate of drug-likeness (QED) is 0.835. The first kappa shape index (κ1) is 11.9. The Hall–Kier alpha value is -0.900. The number of ether oxygens (including phenoxy) is 1. The first-order chi connectivity index (χ1) is 9.32. The number of hydrogen-bond acceptors (Lipinski definition) is 3. The van der Waals surface area contributed by atoms with Crippen molar-refractivity contribution in [3.8, 4) is 0 Å². The van der Waals surface area contributed by atoms with E-state index < -0.39 is 5.60 Å². The van der Waals surface area contributed by atoms with Gasteiger partial charge in [0.15, 0.2) is 0 Å². The minimum atomic E-state index is -0.605. The van der Waals surface area contributed by atoms with Crippen molar-refractivity contribution in [3.05, 3.63) is 35.4 Å². The summed E-state index contributed by atoms with van der Waals surface area (Å²) < 4.78 is 5.45. The maximum Gasteiger partial charge on any atom is 0.112 e. The Kier molecular flexibility index (Phi) is 2.69. The predicted molar refractivity (Wildman–Crippen MR) is 73.1 cm³/mol. The largest absolute Gasteiger partial charge is 0.383 e. The van der Waals surface area contributed by atoms with Gasteiger partial charge in [-0.15, -0.1) is 0 Å². The third-order valence-electron chi connectivity index (χ3n) is 5.26. The van der Waals surface area contributed by atoms with Gasteiger partial charge in [0, 0.05) is 25.0 Å². The number of aliphatic hydroxyl groups is 1. The van der Waals surface area contributed by atoms with Crippen LogP contribution in [0.2, 0.25) is 0 Å². The molecule has 2 fully saturated rings. The van der Waals surface area contributed by atoms with Gasteiger partial charge in [-0.05, 0) is 24.0 Å². The van der Waals surface area contributed by atoms with E-state index in [1.165, 1.54) is 17.5 Å². The summed E-state index contributed by atoms with van der Waals surface area (Å²) in [4.78, 5) is 2.45. The maximum atomic E-state index is 11.3. The van der Waals surface area contributed by atoms with Crippen LogP contribution in [0.15, 0.2) is 24.3 Å². The van der Waals surface area contributed by atoms with Gasteiger partial charge in [0.1, 0.15) is 5.60 Å². The molecule has 3 aliphatic rings. The molecule has 0 amide bonds. The Labute approximate surface area is 114 Å². The van der Waals surface area contributed by atoms with Gasteiger partial charge in [-0.3, -0.25) is 4.90 Å².